The Labute approximate surface area is 356 Å². The lowest BCUT2D eigenvalue weighted by Crippen LogP contribution is -2.29. The average Bonchev–Trinajstić information content (AvgIpc) is 3.59. The average molecular weight is 775 g/mol. The first-order chi connectivity index (χ1) is 30.2. The van der Waals surface area contributed by atoms with Crippen molar-refractivity contribution >= 4 is 0 Å². The summed E-state index contributed by atoms with van der Waals surface area (Å²) in [6.45, 7) is 0. The molecule has 0 bridgehead atoms. The van der Waals surface area contributed by atoms with E-state index in [2.05, 4.69) is 231 Å². The van der Waals surface area contributed by atoms with E-state index in [0.29, 0.717) is 5.82 Å². The molecule has 0 unspecified atom stereocenters. The highest BCUT2D eigenvalue weighted by molar-refractivity contribution is 5.98. The van der Waals surface area contributed by atoms with Gasteiger partial charge >= 0.3 is 0 Å². The van der Waals surface area contributed by atoms with Crippen molar-refractivity contribution in [2.75, 3.05) is 0 Å². The SMILES string of the molecule is c1ccc(-c2ccc(-c3cc(-c4ccc5c(c4)C4(c6ccccc6-c6ccccc6-5)c5ccccc5-c5ccccc54)nc(-c4ccc(-c5ccccc5)cc4)n3)cc2)cc1. The van der Waals surface area contributed by atoms with E-state index in [1.165, 1.54) is 72.3 Å². The van der Waals surface area contributed by atoms with Gasteiger partial charge in [-0.1, -0.05) is 218 Å². The van der Waals surface area contributed by atoms with Crippen molar-refractivity contribution < 1.29 is 0 Å². The molecule has 0 radical (unpaired) electrons. The van der Waals surface area contributed by atoms with Gasteiger partial charge in [0, 0.05) is 16.7 Å². The third-order valence-electron chi connectivity index (χ3n) is 12.8. The Morgan fingerprint density at radius 1 is 0.230 bits per heavy atom. The van der Waals surface area contributed by atoms with Crippen molar-refractivity contribution in [2.45, 2.75) is 5.41 Å². The molecule has 1 spiro atoms. The number of nitrogens with zero attached hydrogens (tertiary/aromatic N) is 2. The lowest BCUT2D eigenvalue weighted by atomic mass is 9.65. The molecule has 9 aromatic carbocycles. The molecular formula is C59H38N2. The molecular weight excluding hydrogens is 737 g/mol. The zero-order chi connectivity index (χ0) is 40.3. The Bertz CT molecular complexity index is 3130. The van der Waals surface area contributed by atoms with Gasteiger partial charge in [-0.05, 0) is 90.0 Å². The number of hydrogen-bond donors (Lipinski definition) is 0. The molecule has 0 N–H and O–H groups in total. The summed E-state index contributed by atoms with van der Waals surface area (Å²) in [7, 11) is 0. The summed E-state index contributed by atoms with van der Waals surface area (Å²) in [6, 6.07) is 83.6. The first-order valence-electron chi connectivity index (χ1n) is 21.0. The number of hydrogen-bond acceptors (Lipinski definition) is 2. The number of rotatable bonds is 5. The molecule has 2 heteroatoms. The van der Waals surface area contributed by atoms with Crippen LogP contribution in [0, 0.1) is 0 Å². The Kier molecular flexibility index (Phi) is 8.11. The van der Waals surface area contributed by atoms with Crippen LogP contribution in [0.4, 0.5) is 0 Å². The van der Waals surface area contributed by atoms with Gasteiger partial charge in [0.05, 0.1) is 16.8 Å². The minimum atomic E-state index is -0.576. The fraction of sp³-hybridized carbons (Fsp3) is 0.0169. The summed E-state index contributed by atoms with van der Waals surface area (Å²) < 4.78 is 0. The van der Waals surface area contributed by atoms with E-state index >= 15 is 0 Å². The molecule has 0 aliphatic heterocycles. The summed E-state index contributed by atoms with van der Waals surface area (Å²) in [6.07, 6.45) is 0. The third kappa shape index (κ3) is 5.57. The van der Waals surface area contributed by atoms with E-state index < -0.39 is 5.41 Å². The summed E-state index contributed by atoms with van der Waals surface area (Å²) in [5.74, 6) is 0.691. The second-order valence-electron chi connectivity index (χ2n) is 16.0. The van der Waals surface area contributed by atoms with Crippen LogP contribution in [0.1, 0.15) is 22.3 Å². The van der Waals surface area contributed by atoms with Gasteiger partial charge in [-0.25, -0.2) is 9.97 Å². The van der Waals surface area contributed by atoms with Crippen LogP contribution in [0.25, 0.3) is 89.5 Å². The van der Waals surface area contributed by atoms with Gasteiger partial charge in [0.25, 0.3) is 0 Å². The number of benzene rings is 9. The van der Waals surface area contributed by atoms with Crippen molar-refractivity contribution in [3.05, 3.63) is 253 Å². The largest absolute Gasteiger partial charge is 0.228 e. The van der Waals surface area contributed by atoms with Crippen LogP contribution in [0.3, 0.4) is 0 Å². The van der Waals surface area contributed by atoms with Gasteiger partial charge < -0.3 is 0 Å². The standard InChI is InChI=1S/C59H38N2/c1-3-15-39(16-4-1)41-27-31-43(32-28-41)56-38-57(61-58(60-56)44-33-29-42(30-34-44)40-17-5-2-6-18-40)45-35-36-51-47-20-8-7-19-46(47)48-21-9-12-24-52(48)59(55(51)37-45)53-25-13-10-22-49(53)50-23-11-14-26-54(50)59/h1-38H. The van der Waals surface area contributed by atoms with Gasteiger partial charge in [0.1, 0.15) is 0 Å². The molecule has 0 atom stereocenters. The van der Waals surface area contributed by atoms with E-state index in [1.54, 1.807) is 0 Å². The molecule has 1 aromatic heterocycles. The molecule has 0 fully saturated rings. The van der Waals surface area contributed by atoms with Crippen molar-refractivity contribution in [3.63, 3.8) is 0 Å². The van der Waals surface area contributed by atoms with Crippen LogP contribution in [0.2, 0.25) is 0 Å². The first-order valence-corrected chi connectivity index (χ1v) is 21.0. The summed E-state index contributed by atoms with van der Waals surface area (Å²) in [5, 5.41) is 0. The van der Waals surface area contributed by atoms with Crippen molar-refractivity contribution in [2.24, 2.45) is 0 Å². The Morgan fingerprint density at radius 3 is 1.08 bits per heavy atom. The number of fused-ring (bicyclic) bond motifs is 12. The maximum absolute atomic E-state index is 5.42. The predicted octanol–water partition coefficient (Wildman–Crippen LogP) is 14.8. The zero-order valence-electron chi connectivity index (χ0n) is 33.3. The predicted molar refractivity (Wildman–Crippen MR) is 251 cm³/mol. The topological polar surface area (TPSA) is 25.8 Å². The first kappa shape index (κ1) is 35.0. The Morgan fingerprint density at radius 2 is 0.574 bits per heavy atom. The Hall–Kier alpha value is -7.94. The van der Waals surface area contributed by atoms with Crippen molar-refractivity contribution in [3.8, 4) is 89.5 Å². The molecule has 61 heavy (non-hydrogen) atoms. The van der Waals surface area contributed by atoms with E-state index in [1.807, 2.05) is 0 Å². The van der Waals surface area contributed by atoms with Crippen LogP contribution in [0.15, 0.2) is 231 Å². The zero-order valence-corrected chi connectivity index (χ0v) is 33.3. The minimum Gasteiger partial charge on any atom is -0.228 e. The highest BCUT2D eigenvalue weighted by Gasteiger charge is 2.49. The molecule has 1 heterocycles. The van der Waals surface area contributed by atoms with Crippen LogP contribution >= 0.6 is 0 Å². The lowest BCUT2D eigenvalue weighted by molar-refractivity contribution is 0.775. The third-order valence-corrected chi connectivity index (χ3v) is 12.8. The van der Waals surface area contributed by atoms with Crippen LogP contribution < -0.4 is 0 Å². The quantitative estimate of drug-likeness (QED) is 0.174. The fourth-order valence-electron chi connectivity index (χ4n) is 9.99. The molecule has 0 saturated carbocycles. The van der Waals surface area contributed by atoms with E-state index in [9.17, 15) is 0 Å². The molecule has 2 aliphatic carbocycles. The van der Waals surface area contributed by atoms with Gasteiger partial charge in [0.2, 0.25) is 0 Å². The lowest BCUT2D eigenvalue weighted by Gasteiger charge is -2.35. The van der Waals surface area contributed by atoms with Crippen molar-refractivity contribution in [1.82, 2.24) is 9.97 Å². The highest BCUT2D eigenvalue weighted by Crippen LogP contribution is 2.61. The van der Waals surface area contributed by atoms with Crippen molar-refractivity contribution in [1.29, 1.82) is 0 Å². The second kappa shape index (κ2) is 14.1. The molecule has 0 amide bonds. The van der Waals surface area contributed by atoms with Crippen LogP contribution in [0.5, 0.6) is 0 Å². The molecule has 284 valence electrons. The molecule has 2 aliphatic rings. The Balaban J connectivity index is 1.10. The highest BCUT2D eigenvalue weighted by atomic mass is 14.9. The molecule has 12 rings (SSSR count). The normalized spacial score (nSPS) is 12.7. The summed E-state index contributed by atoms with van der Waals surface area (Å²) in [4.78, 5) is 10.7. The molecule has 2 nitrogen and oxygen atoms in total. The summed E-state index contributed by atoms with van der Waals surface area (Å²) in [5.41, 5.74) is 21.6. The summed E-state index contributed by atoms with van der Waals surface area (Å²) >= 11 is 0. The van der Waals surface area contributed by atoms with Gasteiger partial charge in [-0.2, -0.15) is 0 Å². The van der Waals surface area contributed by atoms with E-state index in [-0.39, 0.29) is 0 Å². The van der Waals surface area contributed by atoms with E-state index in [0.717, 1.165) is 33.6 Å². The van der Waals surface area contributed by atoms with Gasteiger partial charge in [-0.3, -0.25) is 0 Å². The van der Waals surface area contributed by atoms with Gasteiger partial charge in [0.15, 0.2) is 5.82 Å². The molecule has 10 aromatic rings. The van der Waals surface area contributed by atoms with E-state index in [4.69, 9.17) is 9.97 Å². The monoisotopic (exact) mass is 774 g/mol. The number of aromatic nitrogens is 2. The minimum absolute atomic E-state index is 0.576. The fourth-order valence-corrected chi connectivity index (χ4v) is 9.99. The molecule has 0 saturated heterocycles. The second-order valence-corrected chi connectivity index (χ2v) is 16.0. The van der Waals surface area contributed by atoms with Crippen LogP contribution in [-0.2, 0) is 5.41 Å². The maximum atomic E-state index is 5.42. The maximum Gasteiger partial charge on any atom is 0.160 e. The van der Waals surface area contributed by atoms with Crippen LogP contribution in [-0.4, -0.2) is 9.97 Å². The van der Waals surface area contributed by atoms with Gasteiger partial charge in [-0.15, -0.1) is 0 Å². The smallest absolute Gasteiger partial charge is 0.160 e.